The number of rotatable bonds is 2. The molecule has 1 heterocycles. The molecule has 88 valence electrons. The molecular formula is C13H18ClNO. The van der Waals surface area contributed by atoms with Crippen molar-refractivity contribution in [2.24, 2.45) is 0 Å². The summed E-state index contributed by atoms with van der Waals surface area (Å²) in [6.45, 7) is 8.40. The Hall–Kier alpha value is -0.730. The first kappa shape index (κ1) is 11.7. The third kappa shape index (κ3) is 2.50. The van der Waals surface area contributed by atoms with Gasteiger partial charge in [-0.3, -0.25) is 0 Å². The van der Waals surface area contributed by atoms with Crippen molar-refractivity contribution in [3.63, 3.8) is 0 Å². The second-order valence-corrected chi connectivity index (χ2v) is 5.73. The maximum atomic E-state index is 6.02. The van der Waals surface area contributed by atoms with Gasteiger partial charge in [-0.15, -0.1) is 0 Å². The molecule has 0 bridgehead atoms. The standard InChI is InChI=1S/C13H18ClNO/c1-13(2,3)11-5-4-9(14)6-12(11)16-10-7-15-8-10/h4-6,10,15H,7-8H2,1-3H3. The zero-order valence-electron chi connectivity index (χ0n) is 10.0. The minimum Gasteiger partial charge on any atom is -0.487 e. The Morgan fingerprint density at radius 2 is 2.00 bits per heavy atom. The van der Waals surface area contributed by atoms with Crippen LogP contribution in [0.1, 0.15) is 26.3 Å². The van der Waals surface area contributed by atoms with E-state index in [1.165, 1.54) is 5.56 Å². The van der Waals surface area contributed by atoms with Crippen molar-refractivity contribution in [2.45, 2.75) is 32.3 Å². The first-order valence-corrected chi connectivity index (χ1v) is 6.02. The smallest absolute Gasteiger partial charge is 0.125 e. The molecule has 0 aromatic heterocycles. The Kier molecular flexibility index (Phi) is 3.13. The minimum absolute atomic E-state index is 0.0805. The lowest BCUT2D eigenvalue weighted by Gasteiger charge is -2.31. The van der Waals surface area contributed by atoms with Crippen LogP contribution in [0.4, 0.5) is 0 Å². The Bertz CT molecular complexity index is 380. The molecule has 3 heteroatoms. The second kappa shape index (κ2) is 4.27. The summed E-state index contributed by atoms with van der Waals surface area (Å²) in [7, 11) is 0. The molecule has 0 amide bonds. The van der Waals surface area contributed by atoms with Gasteiger partial charge in [-0.05, 0) is 23.1 Å². The quantitative estimate of drug-likeness (QED) is 0.857. The SMILES string of the molecule is CC(C)(C)c1ccc(Cl)cc1OC1CNC1. The van der Waals surface area contributed by atoms with Crippen molar-refractivity contribution in [1.82, 2.24) is 5.32 Å². The number of benzene rings is 1. The van der Waals surface area contributed by atoms with Gasteiger partial charge in [0.25, 0.3) is 0 Å². The molecule has 0 unspecified atom stereocenters. The topological polar surface area (TPSA) is 21.3 Å². The van der Waals surface area contributed by atoms with Gasteiger partial charge in [0.2, 0.25) is 0 Å². The summed E-state index contributed by atoms with van der Waals surface area (Å²) in [5.41, 5.74) is 1.29. The number of hydrogen-bond donors (Lipinski definition) is 1. The van der Waals surface area contributed by atoms with Crippen LogP contribution in [-0.4, -0.2) is 19.2 Å². The van der Waals surface area contributed by atoms with Crippen LogP contribution in [0.5, 0.6) is 5.75 Å². The van der Waals surface area contributed by atoms with Crippen LogP contribution in [0.15, 0.2) is 18.2 Å². The maximum Gasteiger partial charge on any atom is 0.125 e. The molecule has 0 saturated carbocycles. The molecule has 1 aromatic carbocycles. The van der Waals surface area contributed by atoms with Crippen LogP contribution in [0.25, 0.3) is 0 Å². The van der Waals surface area contributed by atoms with Gasteiger partial charge in [-0.1, -0.05) is 38.4 Å². The number of halogens is 1. The zero-order valence-corrected chi connectivity index (χ0v) is 10.8. The number of hydrogen-bond acceptors (Lipinski definition) is 2. The fraction of sp³-hybridized carbons (Fsp3) is 0.538. The van der Waals surface area contributed by atoms with Crippen molar-refractivity contribution in [3.05, 3.63) is 28.8 Å². The van der Waals surface area contributed by atoms with E-state index in [4.69, 9.17) is 16.3 Å². The lowest BCUT2D eigenvalue weighted by molar-refractivity contribution is 0.139. The summed E-state index contributed by atoms with van der Waals surface area (Å²) in [4.78, 5) is 0. The van der Waals surface area contributed by atoms with E-state index in [9.17, 15) is 0 Å². The minimum atomic E-state index is 0.0805. The summed E-state index contributed by atoms with van der Waals surface area (Å²) in [5.74, 6) is 0.923. The number of ether oxygens (including phenoxy) is 1. The van der Waals surface area contributed by atoms with Crippen LogP contribution >= 0.6 is 11.6 Å². The molecule has 0 aliphatic carbocycles. The first-order chi connectivity index (χ1) is 7.47. The van der Waals surface area contributed by atoms with Gasteiger partial charge in [-0.25, -0.2) is 0 Å². The van der Waals surface area contributed by atoms with Crippen LogP contribution in [0.2, 0.25) is 5.02 Å². The van der Waals surface area contributed by atoms with E-state index in [-0.39, 0.29) is 5.41 Å². The second-order valence-electron chi connectivity index (χ2n) is 5.29. The zero-order chi connectivity index (χ0) is 11.8. The Balaban J connectivity index is 2.28. The van der Waals surface area contributed by atoms with Crippen LogP contribution < -0.4 is 10.1 Å². The van der Waals surface area contributed by atoms with E-state index in [2.05, 4.69) is 32.2 Å². The molecule has 1 aliphatic heterocycles. The van der Waals surface area contributed by atoms with Gasteiger partial charge in [0.1, 0.15) is 11.9 Å². The largest absolute Gasteiger partial charge is 0.487 e. The summed E-state index contributed by atoms with van der Waals surface area (Å²) in [5, 5.41) is 3.93. The highest BCUT2D eigenvalue weighted by Gasteiger charge is 2.24. The molecule has 0 radical (unpaired) electrons. The van der Waals surface area contributed by atoms with Gasteiger partial charge < -0.3 is 10.1 Å². The van der Waals surface area contributed by atoms with E-state index in [1.54, 1.807) is 0 Å². The molecule has 2 nitrogen and oxygen atoms in total. The van der Waals surface area contributed by atoms with Crippen molar-refractivity contribution >= 4 is 11.6 Å². The van der Waals surface area contributed by atoms with Gasteiger partial charge in [0, 0.05) is 18.1 Å². The molecule has 0 atom stereocenters. The fourth-order valence-electron chi connectivity index (χ4n) is 1.74. The Morgan fingerprint density at radius 1 is 1.31 bits per heavy atom. The average Bonchev–Trinajstić information content (AvgIpc) is 2.09. The molecule has 1 fully saturated rings. The molecule has 1 aromatic rings. The maximum absolute atomic E-state index is 6.02. The van der Waals surface area contributed by atoms with E-state index < -0.39 is 0 Å². The predicted octanol–water partition coefficient (Wildman–Crippen LogP) is 2.99. The Labute approximate surface area is 102 Å². The monoisotopic (exact) mass is 239 g/mol. The van der Waals surface area contributed by atoms with Crippen molar-refractivity contribution in [3.8, 4) is 5.75 Å². The molecular weight excluding hydrogens is 222 g/mol. The van der Waals surface area contributed by atoms with Crippen LogP contribution in [0, 0.1) is 0 Å². The van der Waals surface area contributed by atoms with Crippen molar-refractivity contribution in [2.75, 3.05) is 13.1 Å². The molecule has 1 N–H and O–H groups in total. The predicted molar refractivity (Wildman–Crippen MR) is 67.4 cm³/mol. The normalized spacial score (nSPS) is 17.0. The van der Waals surface area contributed by atoms with Crippen molar-refractivity contribution in [1.29, 1.82) is 0 Å². The highest BCUT2D eigenvalue weighted by molar-refractivity contribution is 6.30. The highest BCUT2D eigenvalue weighted by atomic mass is 35.5. The van der Waals surface area contributed by atoms with Gasteiger partial charge in [0.05, 0.1) is 0 Å². The number of nitrogens with one attached hydrogen (secondary N) is 1. The highest BCUT2D eigenvalue weighted by Crippen LogP contribution is 2.34. The van der Waals surface area contributed by atoms with E-state index in [0.717, 1.165) is 23.9 Å². The summed E-state index contributed by atoms with van der Waals surface area (Å²) < 4.78 is 5.94. The molecule has 2 rings (SSSR count). The summed E-state index contributed by atoms with van der Waals surface area (Å²) >= 11 is 6.02. The van der Waals surface area contributed by atoms with Crippen molar-refractivity contribution < 1.29 is 4.74 Å². The molecule has 1 aliphatic rings. The molecule has 0 spiro atoms. The van der Waals surface area contributed by atoms with Gasteiger partial charge in [0.15, 0.2) is 0 Å². The fourth-order valence-corrected chi connectivity index (χ4v) is 1.90. The Morgan fingerprint density at radius 3 is 2.50 bits per heavy atom. The summed E-state index contributed by atoms with van der Waals surface area (Å²) in [6.07, 6.45) is 0.291. The first-order valence-electron chi connectivity index (χ1n) is 5.64. The lowest BCUT2D eigenvalue weighted by Crippen LogP contribution is -2.50. The van der Waals surface area contributed by atoms with E-state index in [1.807, 2.05) is 12.1 Å². The van der Waals surface area contributed by atoms with E-state index in [0.29, 0.717) is 6.10 Å². The third-order valence-corrected chi connectivity index (χ3v) is 3.02. The molecule has 1 saturated heterocycles. The van der Waals surface area contributed by atoms with E-state index >= 15 is 0 Å². The lowest BCUT2D eigenvalue weighted by atomic mass is 9.86. The average molecular weight is 240 g/mol. The third-order valence-electron chi connectivity index (χ3n) is 2.79. The van der Waals surface area contributed by atoms with Gasteiger partial charge >= 0.3 is 0 Å². The van der Waals surface area contributed by atoms with Crippen LogP contribution in [0.3, 0.4) is 0 Å². The molecule has 16 heavy (non-hydrogen) atoms. The van der Waals surface area contributed by atoms with Gasteiger partial charge in [-0.2, -0.15) is 0 Å². The van der Waals surface area contributed by atoms with Crippen LogP contribution in [-0.2, 0) is 5.41 Å². The summed E-state index contributed by atoms with van der Waals surface area (Å²) in [6, 6.07) is 5.90.